The molecule has 0 amide bonds. The van der Waals surface area contributed by atoms with Crippen LogP contribution in [0.3, 0.4) is 0 Å². The van der Waals surface area contributed by atoms with E-state index in [0.717, 1.165) is 16.2 Å². The van der Waals surface area contributed by atoms with Gasteiger partial charge in [0.1, 0.15) is 16.4 Å². The SMILES string of the molecule is COc1ccc(C=c2c(=O)[nH]c(=Cc3cccs3)c(=O)n2C)cc1. The van der Waals surface area contributed by atoms with Crippen LogP contribution in [0.1, 0.15) is 10.4 Å². The van der Waals surface area contributed by atoms with E-state index >= 15 is 0 Å². The van der Waals surface area contributed by atoms with Crippen LogP contribution in [0.4, 0.5) is 0 Å². The molecular weight excluding hydrogens is 324 g/mol. The van der Waals surface area contributed by atoms with Gasteiger partial charge in [0.15, 0.2) is 0 Å². The molecule has 0 saturated heterocycles. The smallest absolute Gasteiger partial charge is 0.274 e. The highest BCUT2D eigenvalue weighted by atomic mass is 32.1. The number of aromatic nitrogens is 2. The van der Waals surface area contributed by atoms with Gasteiger partial charge < -0.3 is 14.3 Å². The molecule has 0 aliphatic rings. The number of hydrogen-bond donors (Lipinski definition) is 1. The Morgan fingerprint density at radius 3 is 2.50 bits per heavy atom. The second-order valence-electron chi connectivity index (χ2n) is 5.19. The molecule has 0 spiro atoms. The lowest BCUT2D eigenvalue weighted by molar-refractivity contribution is 0.415. The third-order valence-electron chi connectivity index (χ3n) is 3.63. The van der Waals surface area contributed by atoms with E-state index in [1.54, 1.807) is 38.4 Å². The maximum atomic E-state index is 12.5. The Kier molecular flexibility index (Phi) is 4.48. The van der Waals surface area contributed by atoms with Crippen molar-refractivity contribution in [1.82, 2.24) is 9.55 Å². The average molecular weight is 340 g/mol. The van der Waals surface area contributed by atoms with Crippen LogP contribution in [0, 0.1) is 0 Å². The Hall–Kier alpha value is -2.86. The van der Waals surface area contributed by atoms with Crippen molar-refractivity contribution in [2.45, 2.75) is 0 Å². The van der Waals surface area contributed by atoms with Crippen LogP contribution < -0.4 is 26.6 Å². The first-order valence-electron chi connectivity index (χ1n) is 7.29. The number of methoxy groups -OCH3 is 1. The number of nitrogens with zero attached hydrogens (tertiary/aromatic N) is 1. The van der Waals surface area contributed by atoms with Crippen molar-refractivity contribution in [2.75, 3.05) is 7.11 Å². The maximum Gasteiger partial charge on any atom is 0.274 e. The Labute approximate surface area is 141 Å². The molecule has 1 N–H and O–H groups in total. The zero-order chi connectivity index (χ0) is 17.1. The Bertz CT molecular complexity index is 1080. The fraction of sp³-hybridized carbons (Fsp3) is 0.111. The quantitative estimate of drug-likeness (QED) is 0.767. The second kappa shape index (κ2) is 6.72. The van der Waals surface area contributed by atoms with Gasteiger partial charge in [-0.3, -0.25) is 9.59 Å². The highest BCUT2D eigenvalue weighted by molar-refractivity contribution is 7.10. The molecule has 6 heteroatoms. The fourth-order valence-electron chi connectivity index (χ4n) is 2.32. The first kappa shape index (κ1) is 16.0. The third kappa shape index (κ3) is 3.23. The van der Waals surface area contributed by atoms with E-state index in [0.29, 0.717) is 5.35 Å². The fourth-order valence-corrected chi connectivity index (χ4v) is 2.97. The molecule has 0 unspecified atom stereocenters. The molecule has 5 nitrogen and oxygen atoms in total. The highest BCUT2D eigenvalue weighted by Gasteiger charge is 2.02. The van der Waals surface area contributed by atoms with Crippen molar-refractivity contribution in [2.24, 2.45) is 7.05 Å². The monoisotopic (exact) mass is 340 g/mol. The summed E-state index contributed by atoms with van der Waals surface area (Å²) in [6.45, 7) is 0. The number of rotatable bonds is 3. The summed E-state index contributed by atoms with van der Waals surface area (Å²) < 4.78 is 6.48. The number of nitrogens with one attached hydrogen (secondary N) is 1. The van der Waals surface area contributed by atoms with Crippen LogP contribution >= 0.6 is 11.3 Å². The molecule has 24 heavy (non-hydrogen) atoms. The molecule has 0 radical (unpaired) electrons. The first-order valence-corrected chi connectivity index (χ1v) is 8.17. The summed E-state index contributed by atoms with van der Waals surface area (Å²) in [5, 5.41) is 2.49. The number of hydrogen-bond acceptors (Lipinski definition) is 4. The Balaban J connectivity index is 2.17. The van der Waals surface area contributed by atoms with Gasteiger partial charge in [-0.05, 0) is 41.3 Å². The summed E-state index contributed by atoms with van der Waals surface area (Å²) in [4.78, 5) is 28.5. The lowest BCUT2D eigenvalue weighted by atomic mass is 10.2. The van der Waals surface area contributed by atoms with E-state index in [9.17, 15) is 9.59 Å². The van der Waals surface area contributed by atoms with Gasteiger partial charge in [0, 0.05) is 11.9 Å². The number of thiophene rings is 1. The maximum absolute atomic E-state index is 12.5. The molecule has 0 fully saturated rings. The van der Waals surface area contributed by atoms with E-state index in [4.69, 9.17) is 4.74 Å². The van der Waals surface area contributed by atoms with Crippen LogP contribution in [0.25, 0.3) is 12.2 Å². The van der Waals surface area contributed by atoms with Gasteiger partial charge in [-0.15, -0.1) is 11.3 Å². The Morgan fingerprint density at radius 1 is 1.12 bits per heavy atom. The molecule has 3 rings (SSSR count). The molecule has 0 aliphatic heterocycles. The van der Waals surface area contributed by atoms with Gasteiger partial charge in [-0.2, -0.15) is 0 Å². The molecule has 1 aromatic carbocycles. The molecular formula is C18H16N2O3S. The molecule has 0 saturated carbocycles. The number of benzene rings is 1. The van der Waals surface area contributed by atoms with Crippen LogP contribution in [0.2, 0.25) is 0 Å². The van der Waals surface area contributed by atoms with Gasteiger partial charge in [0.25, 0.3) is 11.1 Å². The van der Waals surface area contributed by atoms with E-state index in [1.807, 2.05) is 29.6 Å². The predicted octanol–water partition coefficient (Wildman–Crippen LogP) is 0.801. The summed E-state index contributed by atoms with van der Waals surface area (Å²) in [6.07, 6.45) is 3.36. The van der Waals surface area contributed by atoms with Crippen LogP contribution in [-0.4, -0.2) is 16.7 Å². The van der Waals surface area contributed by atoms with Gasteiger partial charge >= 0.3 is 0 Å². The van der Waals surface area contributed by atoms with Gasteiger partial charge in [-0.25, -0.2) is 0 Å². The normalized spacial score (nSPS) is 12.6. The van der Waals surface area contributed by atoms with E-state index in [-0.39, 0.29) is 16.5 Å². The largest absolute Gasteiger partial charge is 0.497 e. The molecule has 0 bridgehead atoms. The van der Waals surface area contributed by atoms with Crippen molar-refractivity contribution in [3.8, 4) is 5.75 Å². The minimum Gasteiger partial charge on any atom is -0.497 e. The molecule has 122 valence electrons. The third-order valence-corrected chi connectivity index (χ3v) is 4.45. The summed E-state index contributed by atoms with van der Waals surface area (Å²) in [7, 11) is 3.19. The summed E-state index contributed by atoms with van der Waals surface area (Å²) >= 11 is 1.50. The molecule has 2 aromatic heterocycles. The number of aromatic amines is 1. The van der Waals surface area contributed by atoms with E-state index < -0.39 is 0 Å². The van der Waals surface area contributed by atoms with Crippen LogP contribution in [-0.2, 0) is 7.05 Å². The Morgan fingerprint density at radius 2 is 1.88 bits per heavy atom. The zero-order valence-corrected chi connectivity index (χ0v) is 14.1. The molecule has 0 aliphatic carbocycles. The minimum atomic E-state index is -0.310. The topological polar surface area (TPSA) is 64.1 Å². The second-order valence-corrected chi connectivity index (χ2v) is 6.17. The highest BCUT2D eigenvalue weighted by Crippen LogP contribution is 2.11. The van der Waals surface area contributed by atoms with Crippen molar-refractivity contribution in [3.05, 3.63) is 83.6 Å². The molecule has 0 atom stereocenters. The average Bonchev–Trinajstić information content (AvgIpc) is 3.10. The number of ether oxygens (including phenoxy) is 1. The predicted molar refractivity (Wildman–Crippen MR) is 96.0 cm³/mol. The lowest BCUT2D eigenvalue weighted by Gasteiger charge is -2.01. The van der Waals surface area contributed by atoms with Gasteiger partial charge in [0.2, 0.25) is 0 Å². The van der Waals surface area contributed by atoms with Crippen LogP contribution in [0.5, 0.6) is 5.75 Å². The standard InChI is InChI=1S/C18H16N2O3S/c1-20-16(10-12-5-7-13(23-2)8-6-12)17(21)19-15(18(20)22)11-14-4-3-9-24-14/h3-11H,1-2H3,(H,19,21). The number of H-pyrrole nitrogens is 1. The lowest BCUT2D eigenvalue weighted by Crippen LogP contribution is -2.52. The zero-order valence-electron chi connectivity index (χ0n) is 13.3. The van der Waals surface area contributed by atoms with Crippen molar-refractivity contribution in [3.63, 3.8) is 0 Å². The summed E-state index contributed by atoms with van der Waals surface area (Å²) in [5.41, 5.74) is 0.254. The summed E-state index contributed by atoms with van der Waals surface area (Å²) in [5.74, 6) is 0.732. The van der Waals surface area contributed by atoms with Crippen LogP contribution in [0.15, 0.2) is 51.4 Å². The van der Waals surface area contributed by atoms with E-state index in [2.05, 4.69) is 4.98 Å². The van der Waals surface area contributed by atoms with Gasteiger partial charge in [-0.1, -0.05) is 18.2 Å². The molecule has 3 aromatic rings. The summed E-state index contributed by atoms with van der Waals surface area (Å²) in [6, 6.07) is 11.0. The van der Waals surface area contributed by atoms with Crippen molar-refractivity contribution < 1.29 is 4.74 Å². The van der Waals surface area contributed by atoms with Gasteiger partial charge in [0.05, 0.1) is 7.11 Å². The van der Waals surface area contributed by atoms with Crippen molar-refractivity contribution in [1.29, 1.82) is 0 Å². The van der Waals surface area contributed by atoms with Crippen molar-refractivity contribution >= 4 is 23.5 Å². The van der Waals surface area contributed by atoms with E-state index in [1.165, 1.54) is 15.9 Å². The molecule has 2 heterocycles. The minimum absolute atomic E-state index is 0.247. The first-order chi connectivity index (χ1) is 11.6.